The fraction of sp³-hybridized carbons (Fsp3) is 0.542. The molecule has 3 heterocycles. The van der Waals surface area contributed by atoms with Gasteiger partial charge in [-0.1, -0.05) is 46.5 Å². The van der Waals surface area contributed by atoms with Gasteiger partial charge in [-0.15, -0.1) is 5.10 Å². The molecule has 1 aliphatic carbocycles. The first-order valence-electron chi connectivity index (χ1n) is 11.6. The number of rotatable bonds is 3. The van der Waals surface area contributed by atoms with Gasteiger partial charge in [0.1, 0.15) is 11.2 Å². The van der Waals surface area contributed by atoms with E-state index in [0.717, 1.165) is 34.5 Å². The minimum absolute atomic E-state index is 0.0278. The monoisotopic (exact) mass is 474 g/mol. The molecule has 0 spiro atoms. The molecule has 3 aromatic heterocycles. The van der Waals surface area contributed by atoms with E-state index in [4.69, 9.17) is 11.5 Å². The summed E-state index contributed by atoms with van der Waals surface area (Å²) < 4.78 is 23.1. The van der Waals surface area contributed by atoms with E-state index in [0.29, 0.717) is 11.3 Å². The molecule has 34 heavy (non-hydrogen) atoms. The standard InChI is InChI=1S/C13H14N8.C8H16.C3H6F2/c1-7-9(19-16-2)3-4-10(17-7)8-5-6-21-11(8)12(14)18-13(15)20-21;1-7-3-5-8(2)6-4-7;1-2-3(4)5/h3-6H,1-2H3,(H4,14,15,18,20);7-8H,3-6H2,1-2H3;3H,2H2,1H3. The molecule has 3 aromatic rings. The molecule has 0 radical (unpaired) electrons. The van der Waals surface area contributed by atoms with E-state index in [1.165, 1.54) is 32.6 Å². The highest BCUT2D eigenvalue weighted by Gasteiger charge is 2.14. The first-order chi connectivity index (χ1) is 16.2. The van der Waals surface area contributed by atoms with Crippen LogP contribution < -0.4 is 11.5 Å². The third kappa shape index (κ3) is 7.71. The van der Waals surface area contributed by atoms with Gasteiger partial charge in [0.15, 0.2) is 5.82 Å². The van der Waals surface area contributed by atoms with E-state index in [1.807, 2.05) is 25.1 Å². The number of alkyl halides is 2. The number of nitrogen functional groups attached to an aromatic ring is 2. The van der Waals surface area contributed by atoms with Crippen LogP contribution in [0.3, 0.4) is 0 Å². The van der Waals surface area contributed by atoms with E-state index in [-0.39, 0.29) is 12.4 Å². The third-order valence-electron chi connectivity index (χ3n) is 5.71. The summed E-state index contributed by atoms with van der Waals surface area (Å²) in [6.07, 6.45) is 5.52. The first-order valence-corrected chi connectivity index (χ1v) is 11.6. The summed E-state index contributed by atoms with van der Waals surface area (Å²) in [6.45, 7) is 8.06. The number of anilines is 2. The van der Waals surface area contributed by atoms with Crippen molar-refractivity contribution in [2.24, 2.45) is 22.1 Å². The average molecular weight is 475 g/mol. The second-order valence-electron chi connectivity index (χ2n) is 8.64. The lowest BCUT2D eigenvalue weighted by atomic mass is 9.84. The zero-order chi connectivity index (χ0) is 25.3. The molecule has 1 aliphatic rings. The van der Waals surface area contributed by atoms with E-state index in [9.17, 15) is 8.78 Å². The maximum absolute atomic E-state index is 10.8. The molecule has 0 aliphatic heterocycles. The first kappa shape index (κ1) is 27.1. The number of pyridine rings is 1. The molecule has 4 rings (SSSR count). The Hall–Kier alpha value is -3.17. The molecular weight excluding hydrogens is 438 g/mol. The van der Waals surface area contributed by atoms with E-state index >= 15 is 0 Å². The Kier molecular flexibility index (Phi) is 10.3. The lowest BCUT2D eigenvalue weighted by Gasteiger charge is -2.22. The van der Waals surface area contributed by atoms with E-state index < -0.39 is 6.43 Å². The van der Waals surface area contributed by atoms with Gasteiger partial charge < -0.3 is 11.5 Å². The second-order valence-corrected chi connectivity index (χ2v) is 8.64. The number of aromatic nitrogens is 4. The highest BCUT2D eigenvalue weighted by atomic mass is 19.3. The summed E-state index contributed by atoms with van der Waals surface area (Å²) in [7, 11) is 1.62. The summed E-state index contributed by atoms with van der Waals surface area (Å²) in [5.74, 6) is 2.49. The van der Waals surface area contributed by atoms with Crippen LogP contribution in [-0.4, -0.2) is 33.1 Å². The molecule has 8 nitrogen and oxygen atoms in total. The van der Waals surface area contributed by atoms with Gasteiger partial charge in [-0.3, -0.25) is 4.98 Å². The predicted molar refractivity (Wildman–Crippen MR) is 133 cm³/mol. The van der Waals surface area contributed by atoms with Gasteiger partial charge in [0.2, 0.25) is 12.4 Å². The minimum Gasteiger partial charge on any atom is -0.382 e. The summed E-state index contributed by atoms with van der Waals surface area (Å²) >= 11 is 0. The van der Waals surface area contributed by atoms with Gasteiger partial charge in [-0.25, -0.2) is 13.3 Å². The molecule has 186 valence electrons. The normalized spacial score (nSPS) is 17.9. The van der Waals surface area contributed by atoms with Crippen LogP contribution >= 0.6 is 0 Å². The van der Waals surface area contributed by atoms with Gasteiger partial charge >= 0.3 is 0 Å². The zero-order valence-electron chi connectivity index (χ0n) is 20.7. The van der Waals surface area contributed by atoms with Crippen molar-refractivity contribution in [3.63, 3.8) is 0 Å². The number of aryl methyl sites for hydroxylation is 1. The summed E-state index contributed by atoms with van der Waals surface area (Å²) in [5, 5.41) is 11.9. The summed E-state index contributed by atoms with van der Waals surface area (Å²) in [6, 6.07) is 5.60. The van der Waals surface area contributed by atoms with Gasteiger partial charge in [-0.2, -0.15) is 15.2 Å². The average Bonchev–Trinajstić information content (AvgIpc) is 3.22. The van der Waals surface area contributed by atoms with Crippen LogP contribution in [0.15, 0.2) is 34.6 Å². The van der Waals surface area contributed by atoms with Gasteiger partial charge in [0, 0.05) is 25.2 Å². The Morgan fingerprint density at radius 3 is 2.15 bits per heavy atom. The van der Waals surface area contributed by atoms with Crippen LogP contribution in [0.4, 0.5) is 26.2 Å². The van der Waals surface area contributed by atoms with Crippen LogP contribution in [0.25, 0.3) is 16.8 Å². The van der Waals surface area contributed by atoms with Gasteiger partial charge in [-0.05, 0) is 37.0 Å². The molecular formula is C24H36F2N8. The summed E-state index contributed by atoms with van der Waals surface area (Å²) in [4.78, 5) is 8.53. The second kappa shape index (κ2) is 12.9. The smallest absolute Gasteiger partial charge is 0.240 e. The summed E-state index contributed by atoms with van der Waals surface area (Å²) in [5.41, 5.74) is 15.3. The number of hydrogen-bond donors (Lipinski definition) is 2. The number of nitrogens with zero attached hydrogens (tertiary/aromatic N) is 6. The van der Waals surface area contributed by atoms with Crippen LogP contribution in [0.1, 0.15) is 58.6 Å². The quantitative estimate of drug-likeness (QED) is 0.421. The molecule has 1 saturated carbocycles. The number of hydrogen-bond acceptors (Lipinski definition) is 7. The maximum Gasteiger partial charge on any atom is 0.240 e. The van der Waals surface area contributed by atoms with Crippen LogP contribution in [0.2, 0.25) is 0 Å². The van der Waals surface area contributed by atoms with Crippen molar-refractivity contribution in [3.8, 4) is 11.3 Å². The number of azo groups is 1. The van der Waals surface area contributed by atoms with E-state index in [2.05, 4.69) is 39.1 Å². The number of halogens is 2. The molecule has 10 heteroatoms. The molecule has 1 fully saturated rings. The van der Waals surface area contributed by atoms with Crippen LogP contribution in [0, 0.1) is 18.8 Å². The SMILES string of the molecule is CC1CCC(C)CC1.CCC(F)F.CN=Nc1ccc(-c2ccn3nc(N)nc(N)c23)nc1C. The minimum atomic E-state index is -2.12. The Morgan fingerprint density at radius 1 is 1.06 bits per heavy atom. The van der Waals surface area contributed by atoms with Crippen molar-refractivity contribution in [1.82, 2.24) is 19.6 Å². The fourth-order valence-corrected chi connectivity index (χ4v) is 3.62. The Morgan fingerprint density at radius 2 is 1.65 bits per heavy atom. The molecule has 0 aromatic carbocycles. The van der Waals surface area contributed by atoms with Gasteiger partial charge in [0.25, 0.3) is 0 Å². The van der Waals surface area contributed by atoms with Crippen molar-refractivity contribution < 1.29 is 8.78 Å². The third-order valence-corrected chi connectivity index (χ3v) is 5.71. The topological polar surface area (TPSA) is 120 Å². The lowest BCUT2D eigenvalue weighted by Crippen LogP contribution is -2.08. The zero-order valence-corrected chi connectivity index (χ0v) is 20.7. The molecule has 0 bridgehead atoms. The van der Waals surface area contributed by atoms with Crippen LogP contribution in [-0.2, 0) is 0 Å². The van der Waals surface area contributed by atoms with E-state index in [1.54, 1.807) is 17.8 Å². The van der Waals surface area contributed by atoms with Crippen molar-refractivity contribution >= 4 is 23.0 Å². The Labute approximate surface area is 199 Å². The number of fused-ring (bicyclic) bond motifs is 1. The molecule has 0 amide bonds. The van der Waals surface area contributed by atoms with Crippen molar-refractivity contribution in [3.05, 3.63) is 30.1 Å². The Bertz CT molecular complexity index is 1060. The Balaban J connectivity index is 0.000000258. The predicted octanol–water partition coefficient (Wildman–Crippen LogP) is 6.47. The van der Waals surface area contributed by atoms with Crippen molar-refractivity contribution in [2.75, 3.05) is 18.5 Å². The lowest BCUT2D eigenvalue weighted by molar-refractivity contribution is 0.144. The highest BCUT2D eigenvalue weighted by molar-refractivity contribution is 5.86. The molecule has 0 unspecified atom stereocenters. The van der Waals surface area contributed by atoms with Crippen LogP contribution in [0.5, 0.6) is 0 Å². The van der Waals surface area contributed by atoms with Crippen molar-refractivity contribution in [2.45, 2.75) is 66.2 Å². The van der Waals surface area contributed by atoms with Crippen molar-refractivity contribution in [1.29, 1.82) is 0 Å². The molecule has 4 N–H and O–H groups in total. The van der Waals surface area contributed by atoms with Gasteiger partial charge in [0.05, 0.1) is 11.4 Å². The largest absolute Gasteiger partial charge is 0.382 e. The molecule has 0 saturated heterocycles. The highest BCUT2D eigenvalue weighted by Crippen LogP contribution is 2.29. The maximum atomic E-state index is 10.8. The fourth-order valence-electron chi connectivity index (χ4n) is 3.62. The number of nitrogens with two attached hydrogens (primary N) is 2. The molecule has 0 atom stereocenters.